The van der Waals surface area contributed by atoms with Crippen molar-refractivity contribution >= 4 is 23.4 Å². The van der Waals surface area contributed by atoms with Gasteiger partial charge in [0.2, 0.25) is 5.95 Å². The minimum Gasteiger partial charge on any atom is -0.369 e. The van der Waals surface area contributed by atoms with Crippen LogP contribution in [0.25, 0.3) is 11.3 Å². The minimum absolute atomic E-state index is 0.0373. The molecule has 0 atom stereocenters. The summed E-state index contributed by atoms with van der Waals surface area (Å²) >= 11 is 0. The van der Waals surface area contributed by atoms with E-state index in [1.165, 1.54) is 5.56 Å². The molecule has 2 aliphatic heterocycles. The molecule has 4 N–H and O–H groups in total. The number of hydrogen-bond donors (Lipinski definition) is 4. The first-order valence-corrected chi connectivity index (χ1v) is 10.4. The maximum atomic E-state index is 12.3. The Balaban J connectivity index is 1.31. The van der Waals surface area contributed by atoms with E-state index in [1.54, 1.807) is 18.3 Å². The summed E-state index contributed by atoms with van der Waals surface area (Å²) in [5.74, 6) is 1.38. The standard InChI is InChI=1S/C23H25N7O/c1-23(2)13-27-20-18(23)9-15(10-26-20)19-7-8-25-22(30-19)29-16-5-3-14(4-6-16)21(31)28-17-11-24-12-17/h3-10,17,24H,11-13H2,1-2H3,(H,26,27)(H,28,31)(H,25,29,30). The van der Waals surface area contributed by atoms with Crippen molar-refractivity contribution in [2.24, 2.45) is 0 Å². The number of amides is 1. The van der Waals surface area contributed by atoms with E-state index < -0.39 is 0 Å². The first-order valence-electron chi connectivity index (χ1n) is 10.4. The van der Waals surface area contributed by atoms with Gasteiger partial charge in [-0.05, 0) is 36.4 Å². The number of hydrogen-bond acceptors (Lipinski definition) is 7. The van der Waals surface area contributed by atoms with Crippen LogP contribution in [0.15, 0.2) is 48.8 Å². The minimum atomic E-state index is -0.0576. The number of aromatic nitrogens is 3. The lowest BCUT2D eigenvalue weighted by Crippen LogP contribution is -2.56. The van der Waals surface area contributed by atoms with Gasteiger partial charge in [0.1, 0.15) is 5.82 Å². The van der Waals surface area contributed by atoms with E-state index in [9.17, 15) is 4.79 Å². The molecule has 0 bridgehead atoms. The average molecular weight is 416 g/mol. The molecule has 1 saturated heterocycles. The summed E-state index contributed by atoms with van der Waals surface area (Å²) in [6, 6.07) is 11.6. The Hall–Kier alpha value is -3.52. The van der Waals surface area contributed by atoms with Crippen molar-refractivity contribution in [3.8, 4) is 11.3 Å². The van der Waals surface area contributed by atoms with Crippen LogP contribution in [0.3, 0.4) is 0 Å². The maximum absolute atomic E-state index is 12.3. The molecule has 0 aliphatic carbocycles. The Morgan fingerprint density at radius 1 is 1.13 bits per heavy atom. The summed E-state index contributed by atoms with van der Waals surface area (Å²) in [5.41, 5.74) is 4.45. The van der Waals surface area contributed by atoms with Crippen LogP contribution in [0.2, 0.25) is 0 Å². The molecule has 8 nitrogen and oxygen atoms in total. The fraction of sp³-hybridized carbons (Fsp3) is 0.304. The molecule has 0 unspecified atom stereocenters. The molecule has 0 saturated carbocycles. The monoisotopic (exact) mass is 415 g/mol. The van der Waals surface area contributed by atoms with Crippen molar-refractivity contribution in [3.05, 3.63) is 59.9 Å². The molecule has 0 radical (unpaired) electrons. The normalized spacial score (nSPS) is 16.7. The highest BCUT2D eigenvalue weighted by Gasteiger charge is 2.31. The molecular formula is C23H25N7O. The third kappa shape index (κ3) is 3.94. The zero-order valence-electron chi connectivity index (χ0n) is 17.6. The van der Waals surface area contributed by atoms with Crippen LogP contribution < -0.4 is 21.3 Å². The Morgan fingerprint density at radius 2 is 1.94 bits per heavy atom. The van der Waals surface area contributed by atoms with Crippen LogP contribution in [0, 0.1) is 0 Å². The Labute approximate surface area is 180 Å². The fourth-order valence-corrected chi connectivity index (χ4v) is 3.73. The summed E-state index contributed by atoms with van der Waals surface area (Å²) in [7, 11) is 0. The highest BCUT2D eigenvalue weighted by molar-refractivity contribution is 5.94. The second-order valence-corrected chi connectivity index (χ2v) is 8.65. The van der Waals surface area contributed by atoms with E-state index in [4.69, 9.17) is 0 Å². The lowest BCUT2D eigenvalue weighted by Gasteiger charge is -2.27. The number of carbonyl (C=O) groups excluding carboxylic acids is 1. The molecule has 1 aromatic carbocycles. The van der Waals surface area contributed by atoms with Crippen LogP contribution in [0.4, 0.5) is 17.5 Å². The van der Waals surface area contributed by atoms with E-state index in [0.29, 0.717) is 11.5 Å². The quantitative estimate of drug-likeness (QED) is 0.508. The molecular weight excluding hydrogens is 390 g/mol. The zero-order valence-corrected chi connectivity index (χ0v) is 17.6. The fourth-order valence-electron chi connectivity index (χ4n) is 3.73. The molecule has 1 fully saturated rings. The molecule has 158 valence electrons. The van der Waals surface area contributed by atoms with Gasteiger partial charge in [0, 0.05) is 59.8 Å². The van der Waals surface area contributed by atoms with Gasteiger partial charge in [-0.15, -0.1) is 0 Å². The van der Waals surface area contributed by atoms with Gasteiger partial charge in [0.15, 0.2) is 0 Å². The summed E-state index contributed by atoms with van der Waals surface area (Å²) in [5, 5.41) is 12.7. The van der Waals surface area contributed by atoms with Crippen LogP contribution in [0.1, 0.15) is 29.8 Å². The summed E-state index contributed by atoms with van der Waals surface area (Å²) in [6.07, 6.45) is 3.57. The number of carbonyl (C=O) groups is 1. The predicted octanol–water partition coefficient (Wildman–Crippen LogP) is 2.69. The average Bonchev–Trinajstić information content (AvgIpc) is 3.05. The Bertz CT molecular complexity index is 1120. The van der Waals surface area contributed by atoms with Gasteiger partial charge < -0.3 is 21.3 Å². The zero-order chi connectivity index (χ0) is 21.4. The van der Waals surface area contributed by atoms with Crippen molar-refractivity contribution in [1.29, 1.82) is 0 Å². The lowest BCUT2D eigenvalue weighted by atomic mass is 9.87. The van der Waals surface area contributed by atoms with E-state index >= 15 is 0 Å². The summed E-state index contributed by atoms with van der Waals surface area (Å²) < 4.78 is 0. The van der Waals surface area contributed by atoms with Gasteiger partial charge in [-0.25, -0.2) is 15.0 Å². The Morgan fingerprint density at radius 3 is 2.68 bits per heavy atom. The highest BCUT2D eigenvalue weighted by atomic mass is 16.1. The number of fused-ring (bicyclic) bond motifs is 1. The SMILES string of the molecule is CC1(C)CNc2ncc(-c3ccnc(Nc4ccc(C(=O)NC5CNC5)cc4)n3)cc21. The lowest BCUT2D eigenvalue weighted by molar-refractivity contribution is 0.0924. The van der Waals surface area contributed by atoms with Crippen molar-refractivity contribution in [3.63, 3.8) is 0 Å². The van der Waals surface area contributed by atoms with E-state index in [1.807, 2.05) is 24.4 Å². The number of nitrogens with one attached hydrogen (secondary N) is 4. The van der Waals surface area contributed by atoms with Gasteiger partial charge in [0.25, 0.3) is 5.91 Å². The van der Waals surface area contributed by atoms with Crippen LogP contribution >= 0.6 is 0 Å². The molecule has 4 heterocycles. The second kappa shape index (κ2) is 7.63. The molecule has 8 heteroatoms. The highest BCUT2D eigenvalue weighted by Crippen LogP contribution is 2.36. The van der Waals surface area contributed by atoms with Crippen LogP contribution in [-0.4, -0.2) is 46.5 Å². The smallest absolute Gasteiger partial charge is 0.251 e. The Kier molecular flexibility index (Phi) is 4.78. The predicted molar refractivity (Wildman–Crippen MR) is 121 cm³/mol. The number of pyridine rings is 1. The summed E-state index contributed by atoms with van der Waals surface area (Å²) in [6.45, 7) is 6.94. The van der Waals surface area contributed by atoms with E-state index in [2.05, 4.69) is 56.1 Å². The molecule has 5 rings (SSSR count). The molecule has 0 spiro atoms. The number of nitrogens with zero attached hydrogens (tertiary/aromatic N) is 3. The molecule has 3 aromatic rings. The van der Waals surface area contributed by atoms with Gasteiger partial charge in [-0.3, -0.25) is 4.79 Å². The number of anilines is 3. The largest absolute Gasteiger partial charge is 0.369 e. The number of rotatable bonds is 5. The first kappa shape index (κ1) is 19.4. The van der Waals surface area contributed by atoms with Gasteiger partial charge in [-0.1, -0.05) is 13.8 Å². The maximum Gasteiger partial charge on any atom is 0.251 e. The van der Waals surface area contributed by atoms with Gasteiger partial charge in [-0.2, -0.15) is 0 Å². The third-order valence-electron chi connectivity index (χ3n) is 5.79. The topological polar surface area (TPSA) is 104 Å². The third-order valence-corrected chi connectivity index (χ3v) is 5.79. The van der Waals surface area contributed by atoms with Gasteiger partial charge in [0.05, 0.1) is 11.7 Å². The first-order chi connectivity index (χ1) is 15.0. The summed E-state index contributed by atoms with van der Waals surface area (Å²) in [4.78, 5) is 25.8. The van der Waals surface area contributed by atoms with Crippen molar-refractivity contribution < 1.29 is 4.79 Å². The second-order valence-electron chi connectivity index (χ2n) is 8.65. The van der Waals surface area contributed by atoms with E-state index in [0.717, 1.165) is 42.4 Å². The molecule has 2 aliphatic rings. The van der Waals surface area contributed by atoms with Gasteiger partial charge >= 0.3 is 0 Å². The molecule has 1 amide bonds. The van der Waals surface area contributed by atoms with Crippen molar-refractivity contribution in [2.75, 3.05) is 30.3 Å². The molecule has 31 heavy (non-hydrogen) atoms. The van der Waals surface area contributed by atoms with E-state index in [-0.39, 0.29) is 17.4 Å². The molecule has 2 aromatic heterocycles. The van der Waals surface area contributed by atoms with Crippen molar-refractivity contribution in [2.45, 2.75) is 25.3 Å². The van der Waals surface area contributed by atoms with Crippen LogP contribution in [-0.2, 0) is 5.41 Å². The van der Waals surface area contributed by atoms with Crippen LogP contribution in [0.5, 0.6) is 0 Å². The van der Waals surface area contributed by atoms with Crippen molar-refractivity contribution in [1.82, 2.24) is 25.6 Å². The number of benzene rings is 1.